The van der Waals surface area contributed by atoms with E-state index in [1.54, 1.807) is 6.08 Å². The Balaban J connectivity index is 3.09. The number of hydrogen-bond donors (Lipinski definition) is 1. The van der Waals surface area contributed by atoms with Crippen LogP contribution in [0.4, 0.5) is 0 Å². The Morgan fingerprint density at radius 1 is 1.00 bits per heavy atom. The summed E-state index contributed by atoms with van der Waals surface area (Å²) in [6, 6.07) is 0. The molecule has 0 aromatic carbocycles. The van der Waals surface area contributed by atoms with Gasteiger partial charge in [0.2, 0.25) is 0 Å². The average Bonchev–Trinajstić information content (AvgIpc) is 2.39. The minimum absolute atomic E-state index is 0.836. The lowest BCUT2D eigenvalue weighted by Crippen LogP contribution is -1.91. The van der Waals surface area contributed by atoms with Gasteiger partial charge in [0, 0.05) is 6.08 Å². The van der Waals surface area contributed by atoms with E-state index in [0.29, 0.717) is 0 Å². The summed E-state index contributed by atoms with van der Waals surface area (Å²) in [5.74, 6) is 0.0660. The second kappa shape index (κ2) is 13.6. The van der Waals surface area contributed by atoms with Crippen molar-refractivity contribution in [3.8, 4) is 0 Å². The van der Waals surface area contributed by atoms with Gasteiger partial charge >= 0.3 is 5.97 Å². The van der Waals surface area contributed by atoms with E-state index in [-0.39, 0.29) is 0 Å². The number of carbonyl (C=O) groups is 1. The van der Waals surface area contributed by atoms with E-state index < -0.39 is 5.97 Å². The normalized spacial score (nSPS) is 12.9. The first-order chi connectivity index (χ1) is 9.16. The molecule has 0 heterocycles. The molecule has 2 nitrogen and oxygen atoms in total. The molecule has 0 aliphatic heterocycles. The molecule has 0 radical (unpaired) electrons. The Morgan fingerprint density at radius 3 is 2.05 bits per heavy atom. The van der Waals surface area contributed by atoms with E-state index in [2.05, 4.69) is 13.8 Å². The molecule has 112 valence electrons. The zero-order chi connectivity index (χ0) is 14.3. The monoisotopic (exact) mass is 268 g/mol. The van der Waals surface area contributed by atoms with Crippen molar-refractivity contribution >= 4 is 5.97 Å². The summed E-state index contributed by atoms with van der Waals surface area (Å²) in [7, 11) is 0. The lowest BCUT2D eigenvalue weighted by atomic mass is 9.99. The minimum atomic E-state index is -0.836. The summed E-state index contributed by atoms with van der Waals surface area (Å²) in [6.45, 7) is 4.62. The van der Waals surface area contributed by atoms with Crippen LogP contribution >= 0.6 is 0 Å². The number of rotatable bonds is 13. The number of carboxylic acids is 1. The van der Waals surface area contributed by atoms with E-state index in [9.17, 15) is 4.79 Å². The fourth-order valence-corrected chi connectivity index (χ4v) is 2.20. The first kappa shape index (κ1) is 18.2. The van der Waals surface area contributed by atoms with Crippen molar-refractivity contribution in [1.29, 1.82) is 0 Å². The maximum atomic E-state index is 10.2. The van der Waals surface area contributed by atoms with Gasteiger partial charge in [0.1, 0.15) is 0 Å². The fourth-order valence-electron chi connectivity index (χ4n) is 2.20. The van der Waals surface area contributed by atoms with Crippen molar-refractivity contribution in [3.63, 3.8) is 0 Å². The van der Waals surface area contributed by atoms with Gasteiger partial charge in [-0.25, -0.2) is 4.79 Å². The van der Waals surface area contributed by atoms with Crippen LogP contribution in [-0.2, 0) is 4.79 Å². The molecule has 0 saturated carbocycles. The first-order valence-corrected chi connectivity index (χ1v) is 8.06. The van der Waals surface area contributed by atoms with E-state index in [0.717, 1.165) is 18.8 Å². The molecule has 0 fully saturated rings. The minimum Gasteiger partial charge on any atom is -0.478 e. The number of aliphatic carboxylic acids is 1. The summed E-state index contributed by atoms with van der Waals surface area (Å²) < 4.78 is 0. The Morgan fingerprint density at radius 2 is 1.53 bits per heavy atom. The number of carboxylic acid groups (broad SMARTS) is 1. The van der Waals surface area contributed by atoms with Crippen molar-refractivity contribution < 1.29 is 9.90 Å². The Kier molecular flexibility index (Phi) is 13.1. The lowest BCUT2D eigenvalue weighted by molar-refractivity contribution is -0.131. The van der Waals surface area contributed by atoms with Crippen LogP contribution in [0.2, 0.25) is 0 Å². The van der Waals surface area contributed by atoms with E-state index in [1.165, 1.54) is 63.9 Å². The van der Waals surface area contributed by atoms with E-state index in [1.807, 2.05) is 0 Å². The number of unbranched alkanes of at least 4 members (excludes halogenated alkanes) is 8. The maximum absolute atomic E-state index is 10.2. The molecule has 0 aromatic rings. The highest BCUT2D eigenvalue weighted by Crippen LogP contribution is 2.15. The maximum Gasteiger partial charge on any atom is 0.327 e. The summed E-state index contributed by atoms with van der Waals surface area (Å²) in [6.07, 6.45) is 17.2. The fraction of sp³-hybridized carbons (Fsp3) is 0.824. The van der Waals surface area contributed by atoms with Crippen LogP contribution in [0.3, 0.4) is 0 Å². The highest BCUT2D eigenvalue weighted by atomic mass is 16.4. The van der Waals surface area contributed by atoms with Gasteiger partial charge in [0.15, 0.2) is 0 Å². The zero-order valence-electron chi connectivity index (χ0n) is 12.9. The molecule has 19 heavy (non-hydrogen) atoms. The van der Waals surface area contributed by atoms with Crippen LogP contribution in [0.1, 0.15) is 84.5 Å². The van der Waals surface area contributed by atoms with Gasteiger partial charge in [-0.15, -0.1) is 0 Å². The molecule has 2 heteroatoms. The Hall–Kier alpha value is -0.790. The summed E-state index contributed by atoms with van der Waals surface area (Å²) in [5.41, 5.74) is 0. The quantitative estimate of drug-likeness (QED) is 0.350. The molecule has 0 aromatic heterocycles. The third-order valence-electron chi connectivity index (χ3n) is 3.78. The van der Waals surface area contributed by atoms with Crippen molar-refractivity contribution in [2.45, 2.75) is 84.5 Å². The second-order valence-corrected chi connectivity index (χ2v) is 5.66. The molecular formula is C17H32O2. The Bertz CT molecular complexity index is 233. The van der Waals surface area contributed by atoms with Gasteiger partial charge in [-0.3, -0.25) is 0 Å². The predicted molar refractivity (Wildman–Crippen MR) is 82.4 cm³/mol. The van der Waals surface area contributed by atoms with Gasteiger partial charge in [-0.1, -0.05) is 77.7 Å². The van der Waals surface area contributed by atoms with Crippen LogP contribution in [-0.4, -0.2) is 11.1 Å². The number of hydrogen-bond acceptors (Lipinski definition) is 1. The van der Waals surface area contributed by atoms with Crippen molar-refractivity contribution in [3.05, 3.63) is 12.2 Å². The molecule has 0 bridgehead atoms. The third kappa shape index (κ3) is 15.2. The molecule has 0 saturated heterocycles. The molecule has 0 spiro atoms. The summed E-state index contributed by atoms with van der Waals surface area (Å²) >= 11 is 0. The first-order valence-electron chi connectivity index (χ1n) is 8.06. The molecule has 0 aliphatic carbocycles. The van der Waals surface area contributed by atoms with Gasteiger partial charge < -0.3 is 5.11 Å². The molecule has 0 aliphatic rings. The summed E-state index contributed by atoms with van der Waals surface area (Å²) in [4.78, 5) is 10.2. The lowest BCUT2D eigenvalue weighted by Gasteiger charge is -2.07. The highest BCUT2D eigenvalue weighted by molar-refractivity contribution is 5.79. The van der Waals surface area contributed by atoms with Gasteiger partial charge in [-0.2, -0.15) is 0 Å². The SMILES string of the molecule is CCC(C)CCCCCCCCCCC=CC(=O)O. The molecule has 1 unspecified atom stereocenters. The molecule has 0 amide bonds. The van der Waals surface area contributed by atoms with Crippen LogP contribution in [0.15, 0.2) is 12.2 Å². The third-order valence-corrected chi connectivity index (χ3v) is 3.78. The van der Waals surface area contributed by atoms with Crippen LogP contribution in [0.5, 0.6) is 0 Å². The zero-order valence-corrected chi connectivity index (χ0v) is 12.9. The molecule has 0 rings (SSSR count). The molecule has 1 N–H and O–H groups in total. The van der Waals surface area contributed by atoms with Gasteiger partial charge in [0.05, 0.1) is 0 Å². The largest absolute Gasteiger partial charge is 0.478 e. The highest BCUT2D eigenvalue weighted by Gasteiger charge is 1.98. The predicted octanol–water partition coefficient (Wildman–Crippen LogP) is 5.57. The van der Waals surface area contributed by atoms with Crippen LogP contribution < -0.4 is 0 Å². The van der Waals surface area contributed by atoms with Gasteiger partial charge in [-0.05, 0) is 18.8 Å². The number of allylic oxidation sites excluding steroid dienone is 1. The van der Waals surface area contributed by atoms with Crippen molar-refractivity contribution in [2.24, 2.45) is 5.92 Å². The molecule has 1 atom stereocenters. The van der Waals surface area contributed by atoms with Crippen LogP contribution in [0.25, 0.3) is 0 Å². The average molecular weight is 268 g/mol. The van der Waals surface area contributed by atoms with E-state index >= 15 is 0 Å². The second-order valence-electron chi connectivity index (χ2n) is 5.66. The van der Waals surface area contributed by atoms with Crippen LogP contribution in [0, 0.1) is 5.92 Å². The standard InChI is InChI=1S/C17H32O2/c1-3-16(2)14-12-10-8-6-4-5-7-9-11-13-15-17(18)19/h13,15-16H,3-12,14H2,1-2H3,(H,18,19). The topological polar surface area (TPSA) is 37.3 Å². The van der Waals surface area contributed by atoms with Gasteiger partial charge in [0.25, 0.3) is 0 Å². The smallest absolute Gasteiger partial charge is 0.327 e. The van der Waals surface area contributed by atoms with Crippen molar-refractivity contribution in [1.82, 2.24) is 0 Å². The summed E-state index contributed by atoms with van der Waals surface area (Å²) in [5, 5.41) is 8.42. The van der Waals surface area contributed by atoms with Crippen molar-refractivity contribution in [2.75, 3.05) is 0 Å². The van der Waals surface area contributed by atoms with E-state index in [4.69, 9.17) is 5.11 Å². The Labute approximate surface area is 119 Å². The molecular weight excluding hydrogens is 236 g/mol.